The van der Waals surface area contributed by atoms with Crippen LogP contribution in [0.25, 0.3) is 0 Å². The lowest BCUT2D eigenvalue weighted by molar-refractivity contribution is -0.146. The van der Waals surface area contributed by atoms with E-state index in [1.54, 1.807) is 51.1 Å². The van der Waals surface area contributed by atoms with Crippen LogP contribution in [0.3, 0.4) is 0 Å². The SMILES string of the molecule is COC(=O)C1CCCN1Cc1cccc(C(=O)OC(C)(C)C)c1N(C)S(=O)(=O)c1ccc(OC)cc1. The average Bonchev–Trinajstić information content (AvgIpc) is 3.30. The molecule has 1 saturated heterocycles. The highest BCUT2D eigenvalue weighted by atomic mass is 32.2. The fourth-order valence-electron chi connectivity index (χ4n) is 4.25. The summed E-state index contributed by atoms with van der Waals surface area (Å²) in [5, 5.41) is 0. The van der Waals surface area contributed by atoms with Gasteiger partial charge in [0.25, 0.3) is 10.0 Å². The predicted molar refractivity (Wildman–Crippen MR) is 136 cm³/mol. The Morgan fingerprint density at radius 3 is 2.33 bits per heavy atom. The largest absolute Gasteiger partial charge is 0.497 e. The molecule has 36 heavy (non-hydrogen) atoms. The Kier molecular flexibility index (Phi) is 8.30. The van der Waals surface area contributed by atoms with Gasteiger partial charge in [-0.05, 0) is 76.1 Å². The number of methoxy groups -OCH3 is 2. The number of anilines is 1. The second kappa shape index (κ2) is 10.9. The van der Waals surface area contributed by atoms with Crippen molar-refractivity contribution in [2.45, 2.75) is 56.7 Å². The van der Waals surface area contributed by atoms with Crippen LogP contribution in [0, 0.1) is 0 Å². The summed E-state index contributed by atoms with van der Waals surface area (Å²) in [6.45, 7) is 6.14. The van der Waals surface area contributed by atoms with Crippen molar-refractivity contribution < 1.29 is 32.2 Å². The molecule has 1 aliphatic rings. The maximum atomic E-state index is 13.6. The first kappa shape index (κ1) is 27.5. The fourth-order valence-corrected chi connectivity index (χ4v) is 5.50. The summed E-state index contributed by atoms with van der Waals surface area (Å²) < 4.78 is 44.1. The normalized spacial score (nSPS) is 16.4. The molecule has 1 aliphatic heterocycles. The Balaban J connectivity index is 2.10. The minimum absolute atomic E-state index is 0.0457. The van der Waals surface area contributed by atoms with E-state index in [0.717, 1.165) is 10.7 Å². The highest BCUT2D eigenvalue weighted by molar-refractivity contribution is 7.92. The zero-order chi connectivity index (χ0) is 26.7. The van der Waals surface area contributed by atoms with Gasteiger partial charge in [-0.15, -0.1) is 0 Å². The molecule has 1 atom stereocenters. The number of hydrogen-bond acceptors (Lipinski definition) is 8. The van der Waals surface area contributed by atoms with Gasteiger partial charge in [-0.3, -0.25) is 14.0 Å². The van der Waals surface area contributed by atoms with Crippen molar-refractivity contribution in [1.82, 2.24) is 4.90 Å². The van der Waals surface area contributed by atoms with E-state index in [1.165, 1.54) is 33.4 Å². The molecule has 0 aromatic heterocycles. The fraction of sp³-hybridized carbons (Fsp3) is 0.462. The van der Waals surface area contributed by atoms with E-state index in [-0.39, 0.29) is 28.7 Å². The molecule has 3 rings (SSSR count). The van der Waals surface area contributed by atoms with Crippen molar-refractivity contribution in [3.8, 4) is 5.75 Å². The molecule has 196 valence electrons. The standard InChI is InChI=1S/C26H34N2O7S/c1-26(2,3)35-24(29)21-10-7-9-18(17-28-16-8-11-22(28)25(30)34-6)23(21)27(4)36(31,32)20-14-12-19(33-5)13-15-20/h7,9-10,12-15,22H,8,11,16-17H2,1-6H3. The first-order chi connectivity index (χ1) is 16.9. The molecule has 0 N–H and O–H groups in total. The Bertz CT molecular complexity index is 1200. The summed E-state index contributed by atoms with van der Waals surface area (Å²) >= 11 is 0. The Morgan fingerprint density at radius 2 is 1.75 bits per heavy atom. The van der Waals surface area contributed by atoms with Gasteiger partial charge in [0.2, 0.25) is 0 Å². The number of esters is 2. The van der Waals surface area contributed by atoms with E-state index in [0.29, 0.717) is 24.3 Å². The lowest BCUT2D eigenvalue weighted by atomic mass is 10.1. The quantitative estimate of drug-likeness (QED) is 0.489. The van der Waals surface area contributed by atoms with Crippen molar-refractivity contribution in [1.29, 1.82) is 0 Å². The Morgan fingerprint density at radius 1 is 1.08 bits per heavy atom. The third kappa shape index (κ3) is 5.99. The minimum atomic E-state index is -4.05. The summed E-state index contributed by atoms with van der Waals surface area (Å²) in [6, 6.07) is 10.6. The number of sulfonamides is 1. The van der Waals surface area contributed by atoms with Crippen LogP contribution in [0.2, 0.25) is 0 Å². The molecule has 1 unspecified atom stereocenters. The number of ether oxygens (including phenoxy) is 3. The zero-order valence-corrected chi connectivity index (χ0v) is 22.4. The van der Waals surface area contributed by atoms with Crippen LogP contribution in [0.1, 0.15) is 49.5 Å². The molecular weight excluding hydrogens is 484 g/mol. The van der Waals surface area contributed by atoms with Crippen LogP contribution in [-0.2, 0) is 30.8 Å². The van der Waals surface area contributed by atoms with E-state index in [9.17, 15) is 18.0 Å². The first-order valence-corrected chi connectivity index (χ1v) is 13.1. The van der Waals surface area contributed by atoms with Crippen LogP contribution in [0.4, 0.5) is 5.69 Å². The zero-order valence-electron chi connectivity index (χ0n) is 21.6. The molecular formula is C26H34N2O7S. The van der Waals surface area contributed by atoms with Crippen LogP contribution >= 0.6 is 0 Å². The molecule has 1 fully saturated rings. The monoisotopic (exact) mass is 518 g/mol. The molecule has 0 amide bonds. The first-order valence-electron chi connectivity index (χ1n) is 11.7. The maximum absolute atomic E-state index is 13.6. The number of benzene rings is 2. The van der Waals surface area contributed by atoms with Gasteiger partial charge < -0.3 is 14.2 Å². The van der Waals surface area contributed by atoms with Gasteiger partial charge in [-0.25, -0.2) is 13.2 Å². The second-order valence-electron chi connectivity index (χ2n) is 9.61. The Hall–Kier alpha value is -3.11. The summed E-state index contributed by atoms with van der Waals surface area (Å²) in [5.74, 6) is -0.451. The van der Waals surface area contributed by atoms with E-state index in [2.05, 4.69) is 0 Å². The number of rotatable bonds is 8. The lowest BCUT2D eigenvalue weighted by Crippen LogP contribution is -2.37. The van der Waals surface area contributed by atoms with Gasteiger partial charge in [-0.1, -0.05) is 12.1 Å². The van der Waals surface area contributed by atoms with E-state index in [4.69, 9.17) is 14.2 Å². The van der Waals surface area contributed by atoms with Gasteiger partial charge >= 0.3 is 11.9 Å². The molecule has 1 heterocycles. The van der Waals surface area contributed by atoms with Gasteiger partial charge in [0, 0.05) is 13.6 Å². The molecule has 0 bridgehead atoms. The number of hydrogen-bond donors (Lipinski definition) is 0. The predicted octanol–water partition coefficient (Wildman–Crippen LogP) is 3.61. The number of carbonyl (C=O) groups excluding carboxylic acids is 2. The molecule has 2 aromatic rings. The van der Waals surface area contributed by atoms with Crippen molar-refractivity contribution in [2.75, 3.05) is 32.1 Å². The van der Waals surface area contributed by atoms with Crippen molar-refractivity contribution >= 4 is 27.6 Å². The topological polar surface area (TPSA) is 102 Å². The number of para-hydroxylation sites is 1. The van der Waals surface area contributed by atoms with E-state index in [1.807, 2.05) is 4.90 Å². The summed E-state index contributed by atoms with van der Waals surface area (Å²) in [7, 11) is 0.212. The second-order valence-corrected chi connectivity index (χ2v) is 11.6. The van der Waals surface area contributed by atoms with Crippen molar-refractivity contribution in [2.24, 2.45) is 0 Å². The molecule has 2 aromatic carbocycles. The van der Waals surface area contributed by atoms with Gasteiger partial charge in [0.15, 0.2) is 0 Å². The molecule has 0 aliphatic carbocycles. The third-order valence-corrected chi connectivity index (χ3v) is 7.75. The van der Waals surface area contributed by atoms with E-state index >= 15 is 0 Å². The highest BCUT2D eigenvalue weighted by Crippen LogP contribution is 2.34. The minimum Gasteiger partial charge on any atom is -0.497 e. The smallest absolute Gasteiger partial charge is 0.340 e. The highest BCUT2D eigenvalue weighted by Gasteiger charge is 2.34. The summed E-state index contributed by atoms with van der Waals surface area (Å²) in [5.41, 5.74) is 0.130. The third-order valence-electron chi connectivity index (χ3n) is 5.98. The number of likely N-dealkylation sites (tertiary alicyclic amines) is 1. The maximum Gasteiger partial charge on any atom is 0.340 e. The van der Waals surface area contributed by atoms with E-state index < -0.39 is 27.6 Å². The summed E-state index contributed by atoms with van der Waals surface area (Å²) in [6.07, 6.45) is 1.45. The van der Waals surface area contributed by atoms with Crippen LogP contribution in [0.15, 0.2) is 47.4 Å². The number of nitrogens with zero attached hydrogens (tertiary/aromatic N) is 2. The molecule has 0 spiro atoms. The Labute approximate surface area is 213 Å². The molecule has 10 heteroatoms. The van der Waals surface area contributed by atoms with Crippen LogP contribution < -0.4 is 9.04 Å². The van der Waals surface area contributed by atoms with Crippen LogP contribution in [0.5, 0.6) is 5.75 Å². The van der Waals surface area contributed by atoms with Gasteiger partial charge in [0.1, 0.15) is 17.4 Å². The average molecular weight is 519 g/mol. The molecule has 0 saturated carbocycles. The molecule has 0 radical (unpaired) electrons. The van der Waals surface area contributed by atoms with Crippen molar-refractivity contribution in [3.63, 3.8) is 0 Å². The van der Waals surface area contributed by atoms with Crippen molar-refractivity contribution in [3.05, 3.63) is 53.6 Å². The lowest BCUT2D eigenvalue weighted by Gasteiger charge is -2.29. The summed E-state index contributed by atoms with van der Waals surface area (Å²) in [4.78, 5) is 27.5. The number of carbonyl (C=O) groups is 2. The molecule has 9 nitrogen and oxygen atoms in total. The van der Waals surface area contributed by atoms with Gasteiger partial charge in [0.05, 0.1) is 30.4 Å². The van der Waals surface area contributed by atoms with Crippen LogP contribution in [-0.4, -0.2) is 64.7 Å². The van der Waals surface area contributed by atoms with Gasteiger partial charge in [-0.2, -0.15) is 0 Å².